The highest BCUT2D eigenvalue weighted by Crippen LogP contribution is 2.25. The van der Waals surface area contributed by atoms with Crippen LogP contribution in [0, 0.1) is 0 Å². The van der Waals surface area contributed by atoms with E-state index in [9.17, 15) is 9.90 Å². The van der Waals surface area contributed by atoms with E-state index in [1.165, 1.54) is 12.1 Å². The average molecular weight is 381 g/mol. The molecule has 7 heteroatoms. The summed E-state index contributed by atoms with van der Waals surface area (Å²) in [4.78, 5) is 12.1. The number of benzene rings is 2. The summed E-state index contributed by atoms with van der Waals surface area (Å²) in [6.07, 6.45) is 0. The largest absolute Gasteiger partial charge is 0.508 e. The Kier molecular flexibility index (Phi) is 5.35. The molecule has 2 rings (SSSR count). The zero-order valence-corrected chi connectivity index (χ0v) is 14.0. The van der Waals surface area contributed by atoms with Gasteiger partial charge in [-0.1, -0.05) is 0 Å². The average Bonchev–Trinajstić information content (AvgIpc) is 2.49. The van der Waals surface area contributed by atoms with Gasteiger partial charge in [0.15, 0.2) is 5.11 Å². The summed E-state index contributed by atoms with van der Waals surface area (Å²) in [6, 6.07) is 11.3. The predicted molar refractivity (Wildman–Crippen MR) is 92.5 cm³/mol. The van der Waals surface area contributed by atoms with Crippen molar-refractivity contribution in [2.45, 2.75) is 0 Å². The monoisotopic (exact) mass is 380 g/mol. The lowest BCUT2D eigenvalue weighted by Crippen LogP contribution is -2.34. The SMILES string of the molecule is COc1ccc(C(=O)NC(=S)Nc2ccc(O)cc2)cc1Br. The fourth-order valence-electron chi connectivity index (χ4n) is 1.69. The van der Waals surface area contributed by atoms with Crippen molar-refractivity contribution in [3.05, 3.63) is 52.5 Å². The molecule has 22 heavy (non-hydrogen) atoms. The molecule has 2 aromatic carbocycles. The summed E-state index contributed by atoms with van der Waals surface area (Å²) in [5, 5.41) is 14.8. The van der Waals surface area contributed by atoms with Gasteiger partial charge < -0.3 is 15.2 Å². The minimum Gasteiger partial charge on any atom is -0.508 e. The van der Waals surface area contributed by atoms with Crippen molar-refractivity contribution in [2.75, 3.05) is 12.4 Å². The van der Waals surface area contributed by atoms with Crippen LogP contribution in [0.2, 0.25) is 0 Å². The van der Waals surface area contributed by atoms with Crippen LogP contribution in [0.5, 0.6) is 11.5 Å². The molecule has 2 aromatic rings. The molecule has 0 bridgehead atoms. The van der Waals surface area contributed by atoms with Gasteiger partial charge >= 0.3 is 0 Å². The van der Waals surface area contributed by atoms with E-state index in [4.69, 9.17) is 17.0 Å². The Bertz CT molecular complexity index is 704. The summed E-state index contributed by atoms with van der Waals surface area (Å²) in [6.45, 7) is 0. The van der Waals surface area contributed by atoms with Crippen LogP contribution < -0.4 is 15.4 Å². The molecule has 5 nitrogen and oxygen atoms in total. The number of rotatable bonds is 3. The molecule has 0 aromatic heterocycles. The van der Waals surface area contributed by atoms with Crippen LogP contribution in [0.1, 0.15) is 10.4 Å². The second kappa shape index (κ2) is 7.24. The van der Waals surface area contributed by atoms with Gasteiger partial charge in [0.2, 0.25) is 0 Å². The highest BCUT2D eigenvalue weighted by molar-refractivity contribution is 9.10. The molecule has 0 unspecified atom stereocenters. The molecule has 114 valence electrons. The summed E-state index contributed by atoms with van der Waals surface area (Å²) < 4.78 is 5.79. The Labute approximate surface area is 141 Å². The van der Waals surface area contributed by atoms with Gasteiger partial charge in [0.1, 0.15) is 11.5 Å². The number of thiocarbonyl (C=S) groups is 1. The molecule has 0 atom stereocenters. The van der Waals surface area contributed by atoms with Crippen LogP contribution in [0.3, 0.4) is 0 Å². The van der Waals surface area contributed by atoms with Crippen molar-refractivity contribution >= 4 is 44.9 Å². The maximum atomic E-state index is 12.1. The Morgan fingerprint density at radius 3 is 2.50 bits per heavy atom. The van der Waals surface area contributed by atoms with E-state index in [1.54, 1.807) is 37.4 Å². The molecule has 0 saturated carbocycles. The third kappa shape index (κ3) is 4.19. The molecule has 0 aliphatic carbocycles. The van der Waals surface area contributed by atoms with Gasteiger partial charge in [-0.05, 0) is 70.6 Å². The molecule has 3 N–H and O–H groups in total. The van der Waals surface area contributed by atoms with Gasteiger partial charge in [0.25, 0.3) is 5.91 Å². The fourth-order valence-corrected chi connectivity index (χ4v) is 2.44. The summed E-state index contributed by atoms with van der Waals surface area (Å²) in [5.74, 6) is 0.463. The van der Waals surface area contributed by atoms with Crippen molar-refractivity contribution < 1.29 is 14.6 Å². The summed E-state index contributed by atoms with van der Waals surface area (Å²) in [5.41, 5.74) is 1.11. The Morgan fingerprint density at radius 1 is 1.23 bits per heavy atom. The number of amides is 1. The van der Waals surface area contributed by atoms with Crippen LogP contribution in [0.15, 0.2) is 46.9 Å². The standard InChI is InChI=1S/C15H13BrN2O3S/c1-21-13-7-2-9(8-12(13)16)14(20)18-15(22)17-10-3-5-11(19)6-4-10/h2-8,19H,1H3,(H2,17,18,20,22). The van der Waals surface area contributed by atoms with Crippen LogP contribution in [0.4, 0.5) is 5.69 Å². The number of hydrogen-bond donors (Lipinski definition) is 3. The number of aromatic hydroxyl groups is 1. The number of nitrogens with one attached hydrogen (secondary N) is 2. The van der Waals surface area contributed by atoms with Crippen molar-refractivity contribution in [1.29, 1.82) is 0 Å². The third-order valence-corrected chi connectivity index (χ3v) is 3.59. The molecule has 0 saturated heterocycles. The number of phenolic OH excluding ortho intramolecular Hbond substituents is 1. The number of anilines is 1. The first-order valence-corrected chi connectivity index (χ1v) is 7.44. The van der Waals surface area contributed by atoms with E-state index in [-0.39, 0.29) is 16.8 Å². The number of methoxy groups -OCH3 is 1. The molecular formula is C15H13BrN2O3S. The first-order chi connectivity index (χ1) is 10.5. The van der Waals surface area contributed by atoms with Gasteiger partial charge in [0.05, 0.1) is 11.6 Å². The highest BCUT2D eigenvalue weighted by atomic mass is 79.9. The zero-order chi connectivity index (χ0) is 16.1. The first-order valence-electron chi connectivity index (χ1n) is 6.24. The van der Waals surface area contributed by atoms with Gasteiger partial charge in [-0.25, -0.2) is 0 Å². The maximum Gasteiger partial charge on any atom is 0.257 e. The van der Waals surface area contributed by atoms with E-state index < -0.39 is 0 Å². The van der Waals surface area contributed by atoms with Gasteiger partial charge in [0, 0.05) is 11.3 Å². The zero-order valence-electron chi connectivity index (χ0n) is 11.6. The third-order valence-electron chi connectivity index (χ3n) is 2.77. The number of carbonyl (C=O) groups excluding carboxylic acids is 1. The Balaban J connectivity index is 2.00. The number of ether oxygens (including phenoxy) is 1. The van der Waals surface area contributed by atoms with Gasteiger partial charge in [-0.3, -0.25) is 10.1 Å². The summed E-state index contributed by atoms with van der Waals surface area (Å²) in [7, 11) is 1.55. The summed E-state index contributed by atoms with van der Waals surface area (Å²) >= 11 is 8.41. The highest BCUT2D eigenvalue weighted by Gasteiger charge is 2.10. The van der Waals surface area contributed by atoms with E-state index in [2.05, 4.69) is 26.6 Å². The van der Waals surface area contributed by atoms with Crippen LogP contribution in [-0.4, -0.2) is 23.2 Å². The van der Waals surface area contributed by atoms with Gasteiger partial charge in [-0.2, -0.15) is 0 Å². The van der Waals surface area contributed by atoms with E-state index in [1.807, 2.05) is 0 Å². The van der Waals surface area contributed by atoms with Crippen LogP contribution in [-0.2, 0) is 0 Å². The molecule has 0 aliphatic heterocycles. The van der Waals surface area contributed by atoms with Crippen molar-refractivity contribution in [3.63, 3.8) is 0 Å². The minimum absolute atomic E-state index is 0.156. The molecule has 0 radical (unpaired) electrons. The van der Waals surface area contributed by atoms with Crippen molar-refractivity contribution in [3.8, 4) is 11.5 Å². The molecular weight excluding hydrogens is 368 g/mol. The maximum absolute atomic E-state index is 12.1. The fraction of sp³-hybridized carbons (Fsp3) is 0.0667. The Hall–Kier alpha value is -2.12. The van der Waals surface area contributed by atoms with E-state index >= 15 is 0 Å². The second-order valence-corrected chi connectivity index (χ2v) is 5.57. The molecule has 0 fully saturated rings. The van der Waals surface area contributed by atoms with Gasteiger partial charge in [-0.15, -0.1) is 0 Å². The van der Waals surface area contributed by atoms with Crippen LogP contribution >= 0.6 is 28.1 Å². The normalized spacial score (nSPS) is 9.91. The lowest BCUT2D eigenvalue weighted by Gasteiger charge is -2.10. The first kappa shape index (κ1) is 16.3. The number of hydrogen-bond acceptors (Lipinski definition) is 4. The lowest BCUT2D eigenvalue weighted by molar-refractivity contribution is 0.0977. The molecule has 0 aliphatic rings. The number of phenols is 1. The van der Waals surface area contributed by atoms with Crippen molar-refractivity contribution in [2.24, 2.45) is 0 Å². The number of halogens is 1. The number of carbonyl (C=O) groups is 1. The lowest BCUT2D eigenvalue weighted by atomic mass is 10.2. The van der Waals surface area contributed by atoms with E-state index in [0.29, 0.717) is 21.5 Å². The van der Waals surface area contributed by atoms with Crippen LogP contribution in [0.25, 0.3) is 0 Å². The minimum atomic E-state index is -0.334. The second-order valence-electron chi connectivity index (χ2n) is 4.30. The Morgan fingerprint density at radius 2 is 1.91 bits per heavy atom. The molecule has 0 spiro atoms. The predicted octanol–water partition coefficient (Wildman–Crippen LogP) is 3.29. The smallest absolute Gasteiger partial charge is 0.257 e. The van der Waals surface area contributed by atoms with Crippen molar-refractivity contribution in [1.82, 2.24) is 5.32 Å². The molecule has 0 heterocycles. The quantitative estimate of drug-likeness (QED) is 0.562. The van der Waals surface area contributed by atoms with E-state index in [0.717, 1.165) is 0 Å². The molecule has 1 amide bonds. The topological polar surface area (TPSA) is 70.6 Å².